The van der Waals surface area contributed by atoms with Crippen LogP contribution in [-0.4, -0.2) is 17.7 Å². The van der Waals surface area contributed by atoms with Gasteiger partial charge in [0.15, 0.2) is 11.5 Å². The normalized spacial score (nSPS) is 10.2. The first-order valence-electron chi connectivity index (χ1n) is 7.72. The smallest absolute Gasteiger partial charge is 0.268 e. The van der Waals surface area contributed by atoms with Crippen LogP contribution in [0, 0.1) is 22.7 Å². The third kappa shape index (κ3) is 3.56. The third-order valence-electron chi connectivity index (χ3n) is 3.36. The fraction of sp³-hybridized carbons (Fsp3) is 0.278. The summed E-state index contributed by atoms with van der Waals surface area (Å²) in [5, 5.41) is 18.7. The zero-order valence-corrected chi connectivity index (χ0v) is 14.2. The molecule has 0 aliphatic rings. The van der Waals surface area contributed by atoms with Crippen LogP contribution in [0.1, 0.15) is 31.9 Å². The molecule has 1 heterocycles. The van der Waals surface area contributed by atoms with E-state index in [1.165, 1.54) is 0 Å². The first-order chi connectivity index (χ1) is 11.9. The maximum absolute atomic E-state index is 12.0. The van der Waals surface area contributed by atoms with Gasteiger partial charge in [-0.05, 0) is 38.5 Å². The van der Waals surface area contributed by atoms with Crippen molar-refractivity contribution in [3.05, 3.63) is 39.7 Å². The average molecular weight is 338 g/mol. The summed E-state index contributed by atoms with van der Waals surface area (Å²) >= 11 is 0. The fourth-order valence-corrected chi connectivity index (χ4v) is 2.42. The van der Waals surface area contributed by atoms with Crippen molar-refractivity contribution in [1.82, 2.24) is 4.98 Å². The summed E-state index contributed by atoms with van der Waals surface area (Å²) in [6, 6.07) is 8.76. The first-order valence-corrected chi connectivity index (χ1v) is 7.72. The van der Waals surface area contributed by atoms with Crippen LogP contribution in [-0.2, 0) is 0 Å². The number of rotatable bonds is 5. The van der Waals surface area contributed by atoms with Crippen molar-refractivity contribution in [2.75, 3.05) is 12.3 Å². The van der Waals surface area contributed by atoms with E-state index >= 15 is 0 Å². The average Bonchev–Trinajstić information content (AvgIpc) is 2.55. The molecule has 0 amide bonds. The van der Waals surface area contributed by atoms with Crippen LogP contribution in [0.15, 0.2) is 23.0 Å². The largest absolute Gasteiger partial charge is 0.490 e. The Morgan fingerprint density at radius 3 is 2.44 bits per heavy atom. The van der Waals surface area contributed by atoms with Crippen molar-refractivity contribution in [1.29, 1.82) is 10.5 Å². The van der Waals surface area contributed by atoms with E-state index in [1.807, 2.05) is 32.9 Å². The number of nitrogen functional groups attached to an aromatic ring is 1. The molecule has 128 valence electrons. The molecule has 2 aromatic rings. The lowest BCUT2D eigenvalue weighted by Crippen LogP contribution is -2.16. The van der Waals surface area contributed by atoms with E-state index in [9.17, 15) is 15.3 Å². The van der Waals surface area contributed by atoms with Gasteiger partial charge in [-0.2, -0.15) is 10.5 Å². The van der Waals surface area contributed by atoms with Crippen molar-refractivity contribution in [3.63, 3.8) is 0 Å². The summed E-state index contributed by atoms with van der Waals surface area (Å²) in [5.74, 6) is 0.915. The monoisotopic (exact) mass is 338 g/mol. The van der Waals surface area contributed by atoms with Crippen LogP contribution in [0.2, 0.25) is 0 Å². The summed E-state index contributed by atoms with van der Waals surface area (Å²) in [5.41, 5.74) is 5.62. The van der Waals surface area contributed by atoms with Gasteiger partial charge in [-0.3, -0.25) is 4.79 Å². The van der Waals surface area contributed by atoms with E-state index < -0.39 is 5.56 Å². The molecule has 0 spiro atoms. The molecular formula is C18H18N4O3. The Balaban J connectivity index is 2.75. The molecule has 3 N–H and O–H groups in total. The van der Waals surface area contributed by atoms with Crippen molar-refractivity contribution in [2.45, 2.75) is 26.9 Å². The number of anilines is 1. The molecule has 0 unspecified atom stereocenters. The molecule has 1 aromatic heterocycles. The van der Waals surface area contributed by atoms with Gasteiger partial charge in [0.1, 0.15) is 29.1 Å². The molecule has 2 rings (SSSR count). The first kappa shape index (κ1) is 17.9. The fourth-order valence-electron chi connectivity index (χ4n) is 2.42. The number of ether oxygens (including phenoxy) is 2. The van der Waals surface area contributed by atoms with Crippen LogP contribution in [0.5, 0.6) is 11.5 Å². The number of nitriles is 2. The van der Waals surface area contributed by atoms with E-state index in [4.69, 9.17) is 15.2 Å². The Hall–Kier alpha value is -3.45. The molecule has 0 radical (unpaired) electrons. The molecule has 0 atom stereocenters. The summed E-state index contributed by atoms with van der Waals surface area (Å²) in [7, 11) is 0. The minimum atomic E-state index is -0.644. The summed E-state index contributed by atoms with van der Waals surface area (Å²) in [6.07, 6.45) is -0.0513. The van der Waals surface area contributed by atoms with Gasteiger partial charge in [0.25, 0.3) is 5.56 Å². The van der Waals surface area contributed by atoms with Gasteiger partial charge < -0.3 is 20.2 Å². The number of pyridine rings is 1. The van der Waals surface area contributed by atoms with Gasteiger partial charge >= 0.3 is 0 Å². The van der Waals surface area contributed by atoms with Gasteiger partial charge in [0.2, 0.25) is 0 Å². The highest BCUT2D eigenvalue weighted by atomic mass is 16.5. The van der Waals surface area contributed by atoms with Crippen molar-refractivity contribution < 1.29 is 9.47 Å². The number of nitrogens with two attached hydrogens (primary N) is 1. The maximum Gasteiger partial charge on any atom is 0.268 e. The molecule has 0 aliphatic carbocycles. The predicted molar refractivity (Wildman–Crippen MR) is 93.3 cm³/mol. The quantitative estimate of drug-likeness (QED) is 0.863. The second-order valence-electron chi connectivity index (χ2n) is 5.48. The Bertz CT molecular complexity index is 933. The van der Waals surface area contributed by atoms with E-state index in [2.05, 4.69) is 4.98 Å². The predicted octanol–water partition coefficient (Wildman–Crippen LogP) is 2.55. The summed E-state index contributed by atoms with van der Waals surface area (Å²) in [6.45, 7) is 6.02. The number of benzene rings is 1. The molecule has 0 saturated heterocycles. The number of nitrogens with zero attached hydrogens (tertiary/aromatic N) is 2. The lowest BCUT2D eigenvalue weighted by Gasteiger charge is -2.16. The van der Waals surface area contributed by atoms with E-state index in [0.29, 0.717) is 23.7 Å². The van der Waals surface area contributed by atoms with Gasteiger partial charge in [0.05, 0.1) is 12.7 Å². The number of nitrogens with one attached hydrogen (secondary N) is 1. The van der Waals surface area contributed by atoms with E-state index in [-0.39, 0.29) is 28.6 Å². The zero-order chi connectivity index (χ0) is 18.6. The standard InChI is InChI=1S/C18H18N4O3/c1-4-24-15-7-11(5-6-14(15)25-10(2)3)16-12(8-19)17(21)22-18(23)13(16)9-20/h5-7,10H,4H2,1-3H3,(H3,21,22,23). The maximum atomic E-state index is 12.0. The van der Waals surface area contributed by atoms with Gasteiger partial charge in [-0.25, -0.2) is 0 Å². The van der Waals surface area contributed by atoms with Gasteiger partial charge in [0, 0.05) is 5.56 Å². The summed E-state index contributed by atoms with van der Waals surface area (Å²) < 4.78 is 11.3. The molecule has 0 bridgehead atoms. The Labute approximate surface area is 145 Å². The zero-order valence-electron chi connectivity index (χ0n) is 14.2. The minimum Gasteiger partial charge on any atom is -0.490 e. The lowest BCUT2D eigenvalue weighted by atomic mass is 9.96. The van der Waals surface area contributed by atoms with E-state index in [1.54, 1.807) is 18.2 Å². The number of hydrogen-bond donors (Lipinski definition) is 2. The van der Waals surface area contributed by atoms with Crippen molar-refractivity contribution in [2.24, 2.45) is 0 Å². The highest BCUT2D eigenvalue weighted by molar-refractivity contribution is 5.81. The number of aromatic nitrogens is 1. The molecule has 1 aromatic carbocycles. The third-order valence-corrected chi connectivity index (χ3v) is 3.36. The lowest BCUT2D eigenvalue weighted by molar-refractivity contribution is 0.224. The van der Waals surface area contributed by atoms with Crippen LogP contribution < -0.4 is 20.8 Å². The van der Waals surface area contributed by atoms with Gasteiger partial charge in [-0.15, -0.1) is 0 Å². The Kier molecular flexibility index (Phi) is 5.31. The number of hydrogen-bond acceptors (Lipinski definition) is 6. The van der Waals surface area contributed by atoms with Gasteiger partial charge in [-0.1, -0.05) is 6.07 Å². The minimum absolute atomic E-state index is 0.0381. The number of H-pyrrole nitrogens is 1. The van der Waals surface area contributed by atoms with Crippen molar-refractivity contribution >= 4 is 5.82 Å². The molecule has 25 heavy (non-hydrogen) atoms. The number of aromatic amines is 1. The Morgan fingerprint density at radius 1 is 1.20 bits per heavy atom. The van der Waals surface area contributed by atoms with Crippen LogP contribution in [0.4, 0.5) is 5.82 Å². The summed E-state index contributed by atoms with van der Waals surface area (Å²) in [4.78, 5) is 14.4. The highest BCUT2D eigenvalue weighted by Gasteiger charge is 2.20. The molecule has 0 saturated carbocycles. The second kappa shape index (κ2) is 7.41. The van der Waals surface area contributed by atoms with Crippen LogP contribution in [0.25, 0.3) is 11.1 Å². The molecule has 0 aliphatic heterocycles. The topological polar surface area (TPSA) is 125 Å². The van der Waals surface area contributed by atoms with Crippen LogP contribution in [0.3, 0.4) is 0 Å². The molecule has 7 nitrogen and oxygen atoms in total. The highest BCUT2D eigenvalue weighted by Crippen LogP contribution is 2.36. The molecule has 0 fully saturated rings. The van der Waals surface area contributed by atoms with E-state index in [0.717, 1.165) is 0 Å². The SMILES string of the molecule is CCOc1cc(-c2c(C#N)c(N)[nH]c(=O)c2C#N)ccc1OC(C)C. The van der Waals surface area contributed by atoms with Crippen molar-refractivity contribution in [3.8, 4) is 34.8 Å². The van der Waals surface area contributed by atoms with Crippen LogP contribution >= 0.6 is 0 Å². The molecular weight excluding hydrogens is 320 g/mol. The Morgan fingerprint density at radius 2 is 1.88 bits per heavy atom. The molecule has 7 heteroatoms. The second-order valence-corrected chi connectivity index (χ2v) is 5.48.